The molecular formula is C21H29N3O2. The zero-order valence-corrected chi connectivity index (χ0v) is 16.0. The largest absolute Gasteiger partial charge is 0.368 e. The van der Waals surface area contributed by atoms with Crippen LogP contribution in [0.1, 0.15) is 43.8 Å². The predicted octanol–water partition coefficient (Wildman–Crippen LogP) is 3.56. The molecule has 5 heteroatoms. The number of ether oxygens (including phenoxy) is 1. The number of carbonyl (C=O) groups is 1. The van der Waals surface area contributed by atoms with Crippen LogP contribution in [0.15, 0.2) is 36.5 Å². The Balaban J connectivity index is 1.67. The lowest BCUT2D eigenvalue weighted by Crippen LogP contribution is -2.37. The number of aromatic nitrogens is 2. The molecule has 0 saturated carbocycles. The van der Waals surface area contributed by atoms with E-state index in [-0.39, 0.29) is 12.0 Å². The molecule has 1 aliphatic rings. The van der Waals surface area contributed by atoms with E-state index in [0.717, 1.165) is 24.4 Å². The van der Waals surface area contributed by atoms with Crippen LogP contribution in [-0.2, 0) is 29.2 Å². The summed E-state index contributed by atoms with van der Waals surface area (Å²) in [5, 5.41) is 0. The number of hydrogen-bond acceptors (Lipinski definition) is 3. The standard InChI is InChI=1S/C21H29N3O2/c1-16(2)9-10-21(25)24-12-19-8-5-11-23(19)13-20(14-24)26-15-18-7-4-6-17(3)22-18/h4-8,11,16,20H,9-10,12-15H2,1-3H3/t20-/m1/s1. The van der Waals surface area contributed by atoms with Gasteiger partial charge in [-0.1, -0.05) is 19.9 Å². The van der Waals surface area contributed by atoms with Crippen LogP contribution < -0.4 is 0 Å². The highest BCUT2D eigenvalue weighted by Crippen LogP contribution is 2.18. The maximum absolute atomic E-state index is 12.7. The van der Waals surface area contributed by atoms with E-state index in [9.17, 15) is 4.79 Å². The second-order valence-electron chi connectivity index (χ2n) is 7.56. The van der Waals surface area contributed by atoms with Crippen LogP contribution in [0.3, 0.4) is 0 Å². The van der Waals surface area contributed by atoms with Crippen molar-refractivity contribution >= 4 is 5.91 Å². The van der Waals surface area contributed by atoms with Crippen molar-refractivity contribution in [2.75, 3.05) is 6.54 Å². The summed E-state index contributed by atoms with van der Waals surface area (Å²) in [5.41, 5.74) is 3.09. The SMILES string of the molecule is Cc1cccc(CO[C@H]2CN(C(=O)CCC(C)C)Cc3cccn3C2)n1. The molecule has 2 aromatic rings. The van der Waals surface area contributed by atoms with Crippen LogP contribution in [-0.4, -0.2) is 33.0 Å². The number of amides is 1. The number of hydrogen-bond donors (Lipinski definition) is 0. The Bertz CT molecular complexity index is 738. The molecule has 26 heavy (non-hydrogen) atoms. The minimum Gasteiger partial charge on any atom is -0.368 e. The Morgan fingerprint density at radius 3 is 2.88 bits per heavy atom. The van der Waals surface area contributed by atoms with Gasteiger partial charge in [-0.25, -0.2) is 0 Å². The van der Waals surface area contributed by atoms with Gasteiger partial charge in [0.05, 0.1) is 31.5 Å². The molecule has 0 aliphatic carbocycles. The molecule has 5 nitrogen and oxygen atoms in total. The molecule has 0 aromatic carbocycles. The van der Waals surface area contributed by atoms with Crippen molar-refractivity contribution in [1.29, 1.82) is 0 Å². The summed E-state index contributed by atoms with van der Waals surface area (Å²) in [6, 6.07) is 10.1. The molecule has 0 N–H and O–H groups in total. The first-order valence-corrected chi connectivity index (χ1v) is 9.47. The Morgan fingerprint density at radius 2 is 2.12 bits per heavy atom. The first-order chi connectivity index (χ1) is 12.5. The van der Waals surface area contributed by atoms with Crippen LogP contribution >= 0.6 is 0 Å². The molecular weight excluding hydrogens is 326 g/mol. The van der Waals surface area contributed by atoms with Gasteiger partial charge >= 0.3 is 0 Å². The molecule has 0 unspecified atom stereocenters. The van der Waals surface area contributed by atoms with Crippen LogP contribution in [0.25, 0.3) is 0 Å². The zero-order chi connectivity index (χ0) is 18.5. The molecule has 0 bridgehead atoms. The average Bonchev–Trinajstić information content (AvgIpc) is 2.96. The first kappa shape index (κ1) is 18.6. The van der Waals surface area contributed by atoms with Crippen molar-refractivity contribution in [1.82, 2.24) is 14.5 Å². The van der Waals surface area contributed by atoms with E-state index in [2.05, 4.69) is 35.7 Å². The Kier molecular flexibility index (Phi) is 6.09. The molecule has 1 aliphatic heterocycles. The summed E-state index contributed by atoms with van der Waals surface area (Å²) >= 11 is 0. The van der Waals surface area contributed by atoms with Crippen LogP contribution in [0.2, 0.25) is 0 Å². The zero-order valence-electron chi connectivity index (χ0n) is 16.0. The van der Waals surface area contributed by atoms with Gasteiger partial charge in [0.2, 0.25) is 5.91 Å². The normalized spacial score (nSPS) is 17.2. The van der Waals surface area contributed by atoms with Gasteiger partial charge in [0.1, 0.15) is 0 Å². The van der Waals surface area contributed by atoms with Crippen LogP contribution in [0.5, 0.6) is 0 Å². The number of pyridine rings is 1. The minimum atomic E-state index is -0.0334. The third-order valence-corrected chi connectivity index (χ3v) is 4.80. The molecule has 0 saturated heterocycles. The molecule has 1 atom stereocenters. The third-order valence-electron chi connectivity index (χ3n) is 4.80. The fraction of sp³-hybridized carbons (Fsp3) is 0.524. The molecule has 2 aromatic heterocycles. The molecule has 0 fully saturated rings. The number of nitrogens with zero attached hydrogens (tertiary/aromatic N) is 3. The van der Waals surface area contributed by atoms with Crippen molar-refractivity contribution in [3.05, 3.63) is 53.6 Å². The molecule has 0 spiro atoms. The van der Waals surface area contributed by atoms with Gasteiger partial charge in [0, 0.05) is 30.6 Å². The topological polar surface area (TPSA) is 47.4 Å². The fourth-order valence-corrected chi connectivity index (χ4v) is 3.30. The molecule has 140 valence electrons. The van der Waals surface area contributed by atoms with Crippen molar-refractivity contribution in [2.24, 2.45) is 5.92 Å². The number of carbonyl (C=O) groups excluding carboxylic acids is 1. The molecule has 3 heterocycles. The van der Waals surface area contributed by atoms with Crippen molar-refractivity contribution in [3.63, 3.8) is 0 Å². The summed E-state index contributed by atoms with van der Waals surface area (Å²) in [7, 11) is 0. The minimum absolute atomic E-state index is 0.0334. The average molecular weight is 355 g/mol. The van der Waals surface area contributed by atoms with E-state index in [1.54, 1.807) is 0 Å². The highest BCUT2D eigenvalue weighted by atomic mass is 16.5. The maximum Gasteiger partial charge on any atom is 0.223 e. The summed E-state index contributed by atoms with van der Waals surface area (Å²) in [4.78, 5) is 19.2. The van der Waals surface area contributed by atoms with Crippen LogP contribution in [0, 0.1) is 12.8 Å². The van der Waals surface area contributed by atoms with E-state index < -0.39 is 0 Å². The second-order valence-corrected chi connectivity index (χ2v) is 7.56. The van der Waals surface area contributed by atoms with Gasteiger partial charge in [-0.15, -0.1) is 0 Å². The summed E-state index contributed by atoms with van der Waals surface area (Å²) in [6.45, 7) is 8.82. The van der Waals surface area contributed by atoms with Crippen molar-refractivity contribution < 1.29 is 9.53 Å². The summed E-state index contributed by atoms with van der Waals surface area (Å²) < 4.78 is 8.36. The number of rotatable bonds is 6. The molecule has 3 rings (SSSR count). The van der Waals surface area contributed by atoms with E-state index >= 15 is 0 Å². The van der Waals surface area contributed by atoms with E-state index in [1.165, 1.54) is 5.69 Å². The monoisotopic (exact) mass is 355 g/mol. The summed E-state index contributed by atoms with van der Waals surface area (Å²) in [6.07, 6.45) is 3.56. The van der Waals surface area contributed by atoms with Gasteiger partial charge in [0.15, 0.2) is 0 Å². The van der Waals surface area contributed by atoms with Crippen LogP contribution in [0.4, 0.5) is 0 Å². The fourth-order valence-electron chi connectivity index (χ4n) is 3.30. The van der Waals surface area contributed by atoms with E-state index in [4.69, 9.17) is 4.74 Å². The highest BCUT2D eigenvalue weighted by molar-refractivity contribution is 5.76. The predicted molar refractivity (Wildman–Crippen MR) is 101 cm³/mol. The van der Waals surface area contributed by atoms with Gasteiger partial charge in [-0.05, 0) is 43.5 Å². The van der Waals surface area contributed by atoms with Crippen molar-refractivity contribution in [2.45, 2.75) is 59.4 Å². The second kappa shape index (κ2) is 8.49. The smallest absolute Gasteiger partial charge is 0.223 e. The lowest BCUT2D eigenvalue weighted by atomic mass is 10.1. The summed E-state index contributed by atoms with van der Waals surface area (Å²) in [5.74, 6) is 0.755. The Hall–Kier alpha value is -2.14. The lowest BCUT2D eigenvalue weighted by molar-refractivity contribution is -0.134. The number of aryl methyl sites for hydroxylation is 1. The Labute approximate surface area is 156 Å². The highest BCUT2D eigenvalue weighted by Gasteiger charge is 2.25. The third kappa shape index (κ3) is 4.94. The quantitative estimate of drug-likeness (QED) is 0.796. The van der Waals surface area contributed by atoms with Gasteiger partial charge < -0.3 is 14.2 Å². The Morgan fingerprint density at radius 1 is 1.27 bits per heavy atom. The maximum atomic E-state index is 12.7. The van der Waals surface area contributed by atoms with E-state index in [1.807, 2.05) is 36.1 Å². The van der Waals surface area contributed by atoms with Gasteiger partial charge in [-0.3, -0.25) is 9.78 Å². The number of fused-ring (bicyclic) bond motifs is 1. The lowest BCUT2D eigenvalue weighted by Gasteiger charge is -2.25. The molecule has 1 amide bonds. The molecule has 0 radical (unpaired) electrons. The van der Waals surface area contributed by atoms with Gasteiger partial charge in [-0.2, -0.15) is 0 Å². The van der Waals surface area contributed by atoms with Crippen molar-refractivity contribution in [3.8, 4) is 0 Å². The first-order valence-electron chi connectivity index (χ1n) is 9.47. The van der Waals surface area contributed by atoms with Gasteiger partial charge in [0.25, 0.3) is 0 Å². The van der Waals surface area contributed by atoms with E-state index in [0.29, 0.717) is 32.0 Å².